The van der Waals surface area contributed by atoms with E-state index in [-0.39, 0.29) is 11.9 Å². The topological polar surface area (TPSA) is 131 Å². The van der Waals surface area contributed by atoms with Crippen LogP contribution in [0.1, 0.15) is 41.8 Å². The molecule has 1 fully saturated rings. The molecule has 0 spiro atoms. The van der Waals surface area contributed by atoms with Crippen molar-refractivity contribution in [3.8, 4) is 0 Å². The lowest BCUT2D eigenvalue weighted by Crippen LogP contribution is -2.33. The van der Waals surface area contributed by atoms with Gasteiger partial charge in [-0.2, -0.15) is 0 Å². The Hall–Kier alpha value is -4.15. The Bertz CT molecular complexity index is 1480. The zero-order valence-electron chi connectivity index (χ0n) is 22.0. The van der Waals surface area contributed by atoms with Crippen molar-refractivity contribution in [1.82, 2.24) is 19.9 Å². The lowest BCUT2D eigenvalue weighted by Gasteiger charge is -2.23. The molecule has 38 heavy (non-hydrogen) atoms. The van der Waals surface area contributed by atoms with Crippen LogP contribution in [0.4, 0.5) is 23.1 Å². The summed E-state index contributed by atoms with van der Waals surface area (Å²) in [7, 11) is 1.97. The van der Waals surface area contributed by atoms with Crippen molar-refractivity contribution in [2.75, 3.05) is 35.8 Å². The number of nitrogens with zero attached hydrogens (tertiary/aromatic N) is 5. The van der Waals surface area contributed by atoms with E-state index < -0.39 is 5.54 Å². The van der Waals surface area contributed by atoms with Crippen molar-refractivity contribution in [1.29, 1.82) is 0 Å². The first-order chi connectivity index (χ1) is 18.2. The molecular weight excluding hydrogens is 480 g/mol. The summed E-state index contributed by atoms with van der Waals surface area (Å²) in [4.78, 5) is 33.1. The van der Waals surface area contributed by atoms with Gasteiger partial charge in [-0.25, -0.2) is 19.9 Å². The minimum absolute atomic E-state index is 0.213. The Morgan fingerprint density at radius 3 is 2.76 bits per heavy atom. The molecule has 2 aromatic carbocycles. The third-order valence-corrected chi connectivity index (χ3v) is 6.75. The van der Waals surface area contributed by atoms with Gasteiger partial charge in [-0.05, 0) is 62.6 Å². The molecule has 0 radical (unpaired) electrons. The van der Waals surface area contributed by atoms with Crippen LogP contribution in [0.2, 0.25) is 0 Å². The maximum atomic E-state index is 13.0. The number of nitrogens with one attached hydrogen (secondary N) is 2. The molecule has 4 aromatic rings. The zero-order chi connectivity index (χ0) is 26.9. The Labute approximate surface area is 221 Å². The largest absolute Gasteiger partial charge is 0.379 e. The minimum atomic E-state index is -0.541. The molecule has 1 atom stereocenters. The van der Waals surface area contributed by atoms with Gasteiger partial charge in [0.05, 0.1) is 18.8 Å². The zero-order valence-corrected chi connectivity index (χ0v) is 22.0. The van der Waals surface area contributed by atoms with Gasteiger partial charge in [-0.15, -0.1) is 0 Å². The molecule has 3 heterocycles. The number of nitrogens with two attached hydrogens (primary N) is 1. The molecule has 10 heteroatoms. The monoisotopic (exact) mass is 512 g/mol. The van der Waals surface area contributed by atoms with E-state index in [0.29, 0.717) is 40.7 Å². The number of benzene rings is 2. The number of rotatable bonds is 7. The smallest absolute Gasteiger partial charge is 0.255 e. The molecule has 10 nitrogen and oxygen atoms in total. The highest BCUT2D eigenvalue weighted by Gasteiger charge is 2.23. The SMILES string of the molecule is Cc1ccc(NC(=O)c2cccc(C(C)(C)N)c2)cc1Nc1ncnc2cnc(N(C)C3CCOC3)nc12. The average Bonchev–Trinajstić information content (AvgIpc) is 3.45. The maximum absolute atomic E-state index is 13.0. The van der Waals surface area contributed by atoms with E-state index in [1.165, 1.54) is 6.33 Å². The third kappa shape index (κ3) is 5.41. The summed E-state index contributed by atoms with van der Waals surface area (Å²) >= 11 is 0. The Morgan fingerprint density at radius 2 is 2.00 bits per heavy atom. The summed E-state index contributed by atoms with van der Waals surface area (Å²) in [6.45, 7) is 7.20. The first kappa shape index (κ1) is 25.5. The van der Waals surface area contributed by atoms with Crippen LogP contribution in [0, 0.1) is 6.92 Å². The number of anilines is 4. The van der Waals surface area contributed by atoms with Crippen LogP contribution < -0.4 is 21.3 Å². The first-order valence-electron chi connectivity index (χ1n) is 12.6. The number of aromatic nitrogens is 4. The standard InChI is InChI=1S/C28H32N8O2/c1-17-8-9-20(33-26(37)18-6-5-7-19(12-18)28(2,3)29)13-22(17)34-25-24-23(31-16-32-25)14-30-27(35-24)36(4)21-10-11-38-15-21/h5-9,12-14,16,21H,10-11,15,29H2,1-4H3,(H,33,37)(H,31,32,34). The number of hydrogen-bond acceptors (Lipinski definition) is 9. The molecule has 4 N–H and O–H groups in total. The van der Waals surface area contributed by atoms with E-state index >= 15 is 0 Å². The summed E-state index contributed by atoms with van der Waals surface area (Å²) in [5.74, 6) is 0.931. The molecule has 1 saturated heterocycles. The first-order valence-corrected chi connectivity index (χ1v) is 12.6. The number of fused-ring (bicyclic) bond motifs is 1. The van der Waals surface area contributed by atoms with Gasteiger partial charge in [-0.3, -0.25) is 4.79 Å². The van der Waals surface area contributed by atoms with E-state index in [4.69, 9.17) is 15.5 Å². The quantitative estimate of drug-likeness (QED) is 0.334. The van der Waals surface area contributed by atoms with E-state index in [0.717, 1.165) is 29.8 Å². The van der Waals surface area contributed by atoms with Gasteiger partial charge in [0.25, 0.3) is 5.91 Å². The van der Waals surface area contributed by atoms with Crippen LogP contribution in [0.3, 0.4) is 0 Å². The second-order valence-electron chi connectivity index (χ2n) is 10.2. The van der Waals surface area contributed by atoms with Crippen molar-refractivity contribution in [3.05, 3.63) is 71.7 Å². The third-order valence-electron chi connectivity index (χ3n) is 6.75. The minimum Gasteiger partial charge on any atom is -0.379 e. The molecular formula is C28H32N8O2. The molecule has 0 bridgehead atoms. The number of likely N-dealkylation sites (N-methyl/N-ethyl adjacent to an activating group) is 1. The summed E-state index contributed by atoms with van der Waals surface area (Å²) in [6, 6.07) is 13.3. The Balaban J connectivity index is 1.40. The van der Waals surface area contributed by atoms with Crippen LogP contribution in [0.5, 0.6) is 0 Å². The highest BCUT2D eigenvalue weighted by atomic mass is 16.5. The fraction of sp³-hybridized carbons (Fsp3) is 0.321. The van der Waals surface area contributed by atoms with Crippen LogP contribution in [-0.2, 0) is 10.3 Å². The molecule has 0 aliphatic carbocycles. The van der Waals surface area contributed by atoms with Crippen molar-refractivity contribution in [3.63, 3.8) is 0 Å². The molecule has 5 rings (SSSR count). The van der Waals surface area contributed by atoms with Gasteiger partial charge in [-0.1, -0.05) is 18.2 Å². The molecule has 1 amide bonds. The maximum Gasteiger partial charge on any atom is 0.255 e. The second kappa shape index (κ2) is 10.3. The van der Waals surface area contributed by atoms with E-state index in [9.17, 15) is 4.79 Å². The van der Waals surface area contributed by atoms with Crippen LogP contribution in [0.15, 0.2) is 55.0 Å². The van der Waals surface area contributed by atoms with Crippen LogP contribution >= 0.6 is 0 Å². The second-order valence-corrected chi connectivity index (χ2v) is 10.2. The number of aryl methyl sites for hydroxylation is 1. The highest BCUT2D eigenvalue weighted by molar-refractivity contribution is 6.04. The molecule has 1 aliphatic heterocycles. The van der Waals surface area contributed by atoms with E-state index in [1.54, 1.807) is 12.3 Å². The predicted molar refractivity (Wildman–Crippen MR) is 149 cm³/mol. The number of amides is 1. The van der Waals surface area contributed by atoms with Gasteiger partial charge in [0.2, 0.25) is 5.95 Å². The molecule has 196 valence electrons. The molecule has 1 aliphatic rings. The normalized spacial score (nSPS) is 15.4. The van der Waals surface area contributed by atoms with Gasteiger partial charge in [0.15, 0.2) is 5.82 Å². The van der Waals surface area contributed by atoms with Crippen molar-refractivity contribution in [2.24, 2.45) is 5.73 Å². The fourth-order valence-electron chi connectivity index (χ4n) is 4.32. The molecule has 1 unspecified atom stereocenters. The number of carbonyl (C=O) groups excluding carboxylic acids is 1. The summed E-state index contributed by atoms with van der Waals surface area (Å²) in [5, 5.41) is 6.37. The van der Waals surface area contributed by atoms with Crippen molar-refractivity contribution in [2.45, 2.75) is 38.8 Å². The van der Waals surface area contributed by atoms with Crippen molar-refractivity contribution >= 4 is 40.1 Å². The molecule has 2 aromatic heterocycles. The summed E-state index contributed by atoms with van der Waals surface area (Å²) < 4.78 is 5.52. The summed E-state index contributed by atoms with van der Waals surface area (Å²) in [6.07, 6.45) is 4.12. The summed E-state index contributed by atoms with van der Waals surface area (Å²) in [5.41, 5.74) is 10.8. The molecule has 0 saturated carbocycles. The number of ether oxygens (including phenoxy) is 1. The highest BCUT2D eigenvalue weighted by Crippen LogP contribution is 2.28. The van der Waals surface area contributed by atoms with Gasteiger partial charge in [0.1, 0.15) is 17.4 Å². The van der Waals surface area contributed by atoms with Crippen LogP contribution in [0.25, 0.3) is 11.0 Å². The van der Waals surface area contributed by atoms with Gasteiger partial charge in [0, 0.05) is 36.1 Å². The predicted octanol–water partition coefficient (Wildman–Crippen LogP) is 4.14. The number of hydrogen-bond donors (Lipinski definition) is 3. The van der Waals surface area contributed by atoms with Gasteiger partial charge >= 0.3 is 0 Å². The number of carbonyl (C=O) groups is 1. The average molecular weight is 513 g/mol. The van der Waals surface area contributed by atoms with E-state index in [2.05, 4.69) is 25.6 Å². The Kier molecular flexibility index (Phi) is 6.92. The lowest BCUT2D eigenvalue weighted by molar-refractivity contribution is 0.102. The van der Waals surface area contributed by atoms with E-state index in [1.807, 2.05) is 69.1 Å². The Morgan fingerprint density at radius 1 is 1.16 bits per heavy atom. The van der Waals surface area contributed by atoms with Gasteiger partial charge < -0.3 is 26.0 Å². The van der Waals surface area contributed by atoms with Crippen molar-refractivity contribution < 1.29 is 9.53 Å². The lowest BCUT2D eigenvalue weighted by atomic mass is 9.94. The fourth-order valence-corrected chi connectivity index (χ4v) is 4.32. The van der Waals surface area contributed by atoms with Crippen LogP contribution in [-0.4, -0.2) is 52.1 Å².